The van der Waals surface area contributed by atoms with Crippen LogP contribution in [-0.2, 0) is 18.9 Å². The van der Waals surface area contributed by atoms with E-state index in [1.165, 1.54) is 37.7 Å². The number of aromatic nitrogens is 3. The summed E-state index contributed by atoms with van der Waals surface area (Å²) < 4.78 is 2.23. The number of nitrogens with one attached hydrogen (secondary N) is 2. The van der Waals surface area contributed by atoms with Crippen LogP contribution in [0.5, 0.6) is 5.75 Å². The molecule has 4 aromatic rings. The van der Waals surface area contributed by atoms with Crippen LogP contribution in [0, 0.1) is 0 Å². The minimum Gasteiger partial charge on any atom is -0.507 e. The fraction of sp³-hybridized carbons (Fsp3) is 0.130. The Labute approximate surface area is 181 Å². The van der Waals surface area contributed by atoms with Gasteiger partial charge in [-0.2, -0.15) is 0 Å². The van der Waals surface area contributed by atoms with Crippen LogP contribution in [0.4, 0.5) is 5.69 Å². The van der Waals surface area contributed by atoms with Crippen molar-refractivity contribution in [2.24, 2.45) is 14.1 Å². The summed E-state index contributed by atoms with van der Waals surface area (Å²) in [6.45, 7) is 1.39. The van der Waals surface area contributed by atoms with Crippen LogP contribution in [0.3, 0.4) is 0 Å². The number of anilines is 1. The molecule has 2 aromatic heterocycles. The molecule has 0 aliphatic carbocycles. The van der Waals surface area contributed by atoms with Crippen molar-refractivity contribution in [2.75, 3.05) is 5.32 Å². The Hall–Kier alpha value is -4.40. The number of ketones is 1. The highest BCUT2D eigenvalue weighted by molar-refractivity contribution is 6.17. The minimum absolute atomic E-state index is 0.0528. The largest absolute Gasteiger partial charge is 0.507 e. The number of hydrogen-bond acceptors (Lipinski definition) is 5. The van der Waals surface area contributed by atoms with Crippen LogP contribution in [0.25, 0.3) is 22.2 Å². The molecule has 0 saturated heterocycles. The third-order valence-corrected chi connectivity index (χ3v) is 5.28. The molecule has 1 amide bonds. The maximum atomic E-state index is 13.4. The number of phenolic OH excluding ortho intramolecular Hbond substituents is 1. The topological polar surface area (TPSA) is 126 Å². The summed E-state index contributed by atoms with van der Waals surface area (Å²) in [5.41, 5.74) is 0.588. The Kier molecular flexibility index (Phi) is 5.01. The first-order chi connectivity index (χ1) is 15.2. The average molecular weight is 432 g/mol. The fourth-order valence-electron chi connectivity index (χ4n) is 3.70. The van der Waals surface area contributed by atoms with E-state index in [0.29, 0.717) is 16.8 Å². The van der Waals surface area contributed by atoms with Gasteiger partial charge in [0.1, 0.15) is 11.4 Å². The van der Waals surface area contributed by atoms with E-state index in [-0.39, 0.29) is 33.9 Å². The smallest absolute Gasteiger partial charge is 0.332 e. The number of para-hydroxylation sites is 1. The summed E-state index contributed by atoms with van der Waals surface area (Å²) in [7, 11) is 2.86. The fourth-order valence-corrected chi connectivity index (χ4v) is 3.70. The van der Waals surface area contributed by atoms with Crippen LogP contribution in [0.2, 0.25) is 0 Å². The number of rotatable bonds is 4. The predicted octanol–water partition coefficient (Wildman–Crippen LogP) is 2.13. The molecule has 2 aromatic carbocycles. The van der Waals surface area contributed by atoms with E-state index >= 15 is 0 Å². The molecule has 0 unspecified atom stereocenters. The lowest BCUT2D eigenvalue weighted by Gasteiger charge is -2.08. The maximum Gasteiger partial charge on any atom is 0.332 e. The molecule has 4 rings (SSSR count). The standard InChI is InChI=1S/C23H20N4O5/c1-12(28)24-14-10-8-13(9-11-14)17-18-21(26(2)23(32)27(3)22(18)31)25-19(17)20(30)15-6-4-5-7-16(15)29/h4-11,25,29H,1-3H3,(H,24,28). The zero-order valence-electron chi connectivity index (χ0n) is 17.6. The minimum atomic E-state index is -0.559. The molecule has 0 atom stereocenters. The first kappa shape index (κ1) is 20.9. The van der Waals surface area contributed by atoms with Crippen molar-refractivity contribution in [1.29, 1.82) is 0 Å². The first-order valence-electron chi connectivity index (χ1n) is 9.73. The van der Waals surface area contributed by atoms with Crippen molar-refractivity contribution in [3.63, 3.8) is 0 Å². The Bertz CT molecular complexity index is 1510. The van der Waals surface area contributed by atoms with E-state index in [2.05, 4.69) is 10.3 Å². The van der Waals surface area contributed by atoms with E-state index in [4.69, 9.17) is 0 Å². The van der Waals surface area contributed by atoms with Gasteiger partial charge < -0.3 is 15.4 Å². The summed E-state index contributed by atoms with van der Waals surface area (Å²) in [5, 5.41) is 13.0. The van der Waals surface area contributed by atoms with E-state index in [1.807, 2.05) is 0 Å². The molecule has 0 spiro atoms. The Morgan fingerprint density at radius 2 is 1.62 bits per heavy atom. The number of phenols is 1. The summed E-state index contributed by atoms with van der Waals surface area (Å²) in [4.78, 5) is 53.1. The SMILES string of the molecule is CC(=O)Nc1ccc(-c2c(C(=O)c3ccccc3O)[nH]c3c2c(=O)n(C)c(=O)n3C)cc1. The lowest BCUT2D eigenvalue weighted by molar-refractivity contribution is -0.114. The van der Waals surface area contributed by atoms with Crippen molar-refractivity contribution in [3.05, 3.63) is 80.6 Å². The molecule has 9 heteroatoms. The van der Waals surface area contributed by atoms with Gasteiger partial charge in [0.2, 0.25) is 11.7 Å². The van der Waals surface area contributed by atoms with Crippen molar-refractivity contribution in [3.8, 4) is 16.9 Å². The molecule has 0 fully saturated rings. The number of benzene rings is 2. The van der Waals surface area contributed by atoms with Gasteiger partial charge in [-0.3, -0.25) is 23.5 Å². The van der Waals surface area contributed by atoms with Gasteiger partial charge in [-0.15, -0.1) is 0 Å². The van der Waals surface area contributed by atoms with Gasteiger partial charge in [0.25, 0.3) is 5.56 Å². The molecule has 0 aliphatic rings. The third kappa shape index (κ3) is 3.29. The van der Waals surface area contributed by atoms with Crippen molar-refractivity contribution in [2.45, 2.75) is 6.92 Å². The average Bonchev–Trinajstić information content (AvgIpc) is 3.17. The molecule has 3 N–H and O–H groups in total. The second kappa shape index (κ2) is 7.69. The van der Waals surface area contributed by atoms with Crippen LogP contribution in [0.1, 0.15) is 23.0 Å². The van der Waals surface area contributed by atoms with Crippen LogP contribution >= 0.6 is 0 Å². The zero-order chi connectivity index (χ0) is 23.2. The summed E-state index contributed by atoms with van der Waals surface area (Å²) in [6.07, 6.45) is 0. The lowest BCUT2D eigenvalue weighted by atomic mass is 9.98. The van der Waals surface area contributed by atoms with Gasteiger partial charge in [0, 0.05) is 32.3 Å². The maximum absolute atomic E-state index is 13.4. The summed E-state index contributed by atoms with van der Waals surface area (Å²) in [6, 6.07) is 12.7. The number of carbonyl (C=O) groups is 2. The van der Waals surface area contributed by atoms with Gasteiger partial charge in [-0.1, -0.05) is 24.3 Å². The number of fused-ring (bicyclic) bond motifs is 1. The Balaban J connectivity index is 2.05. The quantitative estimate of drug-likeness (QED) is 0.426. The normalized spacial score (nSPS) is 11.0. The van der Waals surface area contributed by atoms with E-state index in [9.17, 15) is 24.3 Å². The monoisotopic (exact) mass is 432 g/mol. The summed E-state index contributed by atoms with van der Waals surface area (Å²) in [5.74, 6) is -0.969. The van der Waals surface area contributed by atoms with E-state index < -0.39 is 17.0 Å². The number of H-pyrrole nitrogens is 1. The number of amides is 1. The highest BCUT2D eigenvalue weighted by atomic mass is 16.3. The van der Waals surface area contributed by atoms with E-state index in [0.717, 1.165) is 4.57 Å². The van der Waals surface area contributed by atoms with Crippen LogP contribution < -0.4 is 16.6 Å². The van der Waals surface area contributed by atoms with E-state index in [1.54, 1.807) is 36.4 Å². The number of nitrogens with zero attached hydrogens (tertiary/aromatic N) is 2. The van der Waals surface area contributed by atoms with Gasteiger partial charge in [0.05, 0.1) is 16.6 Å². The molecule has 2 heterocycles. The molecule has 0 saturated carbocycles. The second-order valence-corrected chi connectivity index (χ2v) is 7.41. The van der Waals surface area contributed by atoms with Crippen molar-refractivity contribution in [1.82, 2.24) is 14.1 Å². The van der Waals surface area contributed by atoms with Crippen LogP contribution in [0.15, 0.2) is 58.1 Å². The molecule has 0 aliphatic heterocycles. The third-order valence-electron chi connectivity index (χ3n) is 5.28. The van der Waals surface area contributed by atoms with Gasteiger partial charge in [-0.05, 0) is 29.8 Å². The van der Waals surface area contributed by atoms with Crippen LogP contribution in [-0.4, -0.2) is 30.9 Å². The molecule has 9 nitrogen and oxygen atoms in total. The number of aromatic hydroxyl groups is 1. The lowest BCUT2D eigenvalue weighted by Crippen LogP contribution is -2.36. The van der Waals surface area contributed by atoms with Crippen molar-refractivity contribution >= 4 is 28.4 Å². The number of aryl methyl sites for hydroxylation is 1. The molecular formula is C23H20N4O5. The summed E-state index contributed by atoms with van der Waals surface area (Å²) >= 11 is 0. The number of hydrogen-bond donors (Lipinski definition) is 3. The Morgan fingerprint density at radius 3 is 2.25 bits per heavy atom. The van der Waals surface area contributed by atoms with Crippen molar-refractivity contribution < 1.29 is 14.7 Å². The highest BCUT2D eigenvalue weighted by Crippen LogP contribution is 2.33. The first-order valence-corrected chi connectivity index (χ1v) is 9.73. The van der Waals surface area contributed by atoms with Gasteiger partial charge in [-0.25, -0.2) is 4.79 Å². The van der Waals surface area contributed by atoms with Gasteiger partial charge >= 0.3 is 5.69 Å². The highest BCUT2D eigenvalue weighted by Gasteiger charge is 2.26. The van der Waals surface area contributed by atoms with Gasteiger partial charge in [0.15, 0.2) is 0 Å². The second-order valence-electron chi connectivity index (χ2n) is 7.41. The molecule has 32 heavy (non-hydrogen) atoms. The molecular weight excluding hydrogens is 412 g/mol. The molecule has 0 bridgehead atoms. The Morgan fingerprint density at radius 1 is 0.969 bits per heavy atom. The number of aromatic amines is 1. The molecule has 162 valence electrons. The molecule has 0 radical (unpaired) electrons. The number of carbonyl (C=O) groups excluding carboxylic acids is 2. The predicted molar refractivity (Wildman–Crippen MR) is 120 cm³/mol. The zero-order valence-corrected chi connectivity index (χ0v) is 17.6.